The van der Waals surface area contributed by atoms with Gasteiger partial charge in [-0.1, -0.05) is 22.0 Å². The van der Waals surface area contributed by atoms with Crippen LogP contribution in [0, 0.1) is 0 Å². The van der Waals surface area contributed by atoms with E-state index in [1.807, 2.05) is 6.07 Å². The second-order valence-electron chi connectivity index (χ2n) is 3.98. The third-order valence-corrected chi connectivity index (χ3v) is 3.02. The predicted octanol–water partition coefficient (Wildman–Crippen LogP) is 3.87. The van der Waals surface area contributed by atoms with E-state index in [9.17, 15) is 9.59 Å². The van der Waals surface area contributed by atoms with Crippen LogP contribution >= 0.6 is 15.9 Å². The summed E-state index contributed by atoms with van der Waals surface area (Å²) in [6.45, 7) is 1.49. The molecule has 0 unspecified atom stereocenters. The molecule has 0 radical (unpaired) electrons. The number of rotatable bonds is 3. The molecule has 0 saturated carbocycles. The molecular formula is C15H11BrO3. The molecule has 0 aromatic heterocycles. The third-order valence-electron chi connectivity index (χ3n) is 2.53. The van der Waals surface area contributed by atoms with Crippen LogP contribution < -0.4 is 4.74 Å². The molecule has 19 heavy (non-hydrogen) atoms. The Morgan fingerprint density at radius 3 is 2.26 bits per heavy atom. The zero-order valence-corrected chi connectivity index (χ0v) is 11.8. The summed E-state index contributed by atoms with van der Waals surface area (Å²) in [5, 5.41) is 0. The van der Waals surface area contributed by atoms with Crippen molar-refractivity contribution in [1.29, 1.82) is 0 Å². The third kappa shape index (κ3) is 3.51. The number of benzene rings is 2. The van der Waals surface area contributed by atoms with Gasteiger partial charge in [0.15, 0.2) is 5.78 Å². The molecule has 0 N–H and O–H groups in total. The first-order valence-electron chi connectivity index (χ1n) is 5.65. The minimum atomic E-state index is -0.433. The number of carbonyl (C=O) groups excluding carboxylic acids is 2. The summed E-state index contributed by atoms with van der Waals surface area (Å²) >= 11 is 3.30. The van der Waals surface area contributed by atoms with Gasteiger partial charge in [-0.05, 0) is 49.4 Å². The van der Waals surface area contributed by atoms with Gasteiger partial charge in [-0.2, -0.15) is 0 Å². The van der Waals surface area contributed by atoms with E-state index >= 15 is 0 Å². The Hall–Kier alpha value is -1.94. The molecule has 0 bridgehead atoms. The molecule has 0 atom stereocenters. The maximum Gasteiger partial charge on any atom is 0.343 e. The first-order valence-corrected chi connectivity index (χ1v) is 6.44. The van der Waals surface area contributed by atoms with Crippen molar-refractivity contribution in [2.75, 3.05) is 0 Å². The molecule has 3 nitrogen and oxygen atoms in total. The molecule has 0 fully saturated rings. The number of esters is 1. The number of ether oxygens (including phenoxy) is 1. The molecule has 0 heterocycles. The van der Waals surface area contributed by atoms with E-state index in [4.69, 9.17) is 4.74 Å². The van der Waals surface area contributed by atoms with E-state index in [2.05, 4.69) is 15.9 Å². The molecule has 0 aliphatic heterocycles. The van der Waals surface area contributed by atoms with Gasteiger partial charge in [-0.15, -0.1) is 0 Å². The maximum absolute atomic E-state index is 11.9. The number of carbonyl (C=O) groups is 2. The lowest BCUT2D eigenvalue weighted by molar-refractivity contribution is 0.0734. The largest absolute Gasteiger partial charge is 0.423 e. The Bertz CT molecular complexity index is 618. The van der Waals surface area contributed by atoms with Gasteiger partial charge < -0.3 is 4.74 Å². The van der Waals surface area contributed by atoms with Gasteiger partial charge in [0.05, 0.1) is 5.56 Å². The van der Waals surface area contributed by atoms with Crippen molar-refractivity contribution in [3.63, 3.8) is 0 Å². The lowest BCUT2D eigenvalue weighted by Gasteiger charge is -2.05. The average Bonchev–Trinajstić information content (AvgIpc) is 2.39. The van der Waals surface area contributed by atoms with Gasteiger partial charge in [-0.3, -0.25) is 4.79 Å². The summed E-state index contributed by atoms with van der Waals surface area (Å²) in [6, 6.07) is 13.4. The van der Waals surface area contributed by atoms with E-state index in [1.54, 1.807) is 42.5 Å². The molecule has 0 amide bonds. The fourth-order valence-corrected chi connectivity index (χ4v) is 1.94. The Morgan fingerprint density at radius 2 is 1.68 bits per heavy atom. The monoisotopic (exact) mass is 318 g/mol. The van der Waals surface area contributed by atoms with Gasteiger partial charge >= 0.3 is 5.97 Å². The smallest absolute Gasteiger partial charge is 0.343 e. The normalized spacial score (nSPS) is 10.0. The highest BCUT2D eigenvalue weighted by Crippen LogP contribution is 2.16. The molecular weight excluding hydrogens is 308 g/mol. The second kappa shape index (κ2) is 5.80. The number of hydrogen-bond donors (Lipinski definition) is 0. The van der Waals surface area contributed by atoms with E-state index < -0.39 is 5.97 Å². The predicted molar refractivity (Wildman–Crippen MR) is 75.5 cm³/mol. The summed E-state index contributed by atoms with van der Waals surface area (Å²) in [5.41, 5.74) is 1.05. The van der Waals surface area contributed by atoms with Crippen LogP contribution in [0.1, 0.15) is 27.6 Å². The zero-order chi connectivity index (χ0) is 13.8. The summed E-state index contributed by atoms with van der Waals surface area (Å²) in [6.07, 6.45) is 0. The van der Waals surface area contributed by atoms with E-state index in [0.29, 0.717) is 16.9 Å². The van der Waals surface area contributed by atoms with Gasteiger partial charge in [0.25, 0.3) is 0 Å². The molecule has 96 valence electrons. The number of Topliss-reactive ketones (excluding diaryl/α,β-unsaturated/α-hetero) is 1. The number of hydrogen-bond acceptors (Lipinski definition) is 3. The summed E-state index contributed by atoms with van der Waals surface area (Å²) < 4.78 is 6.03. The zero-order valence-electron chi connectivity index (χ0n) is 10.2. The Morgan fingerprint density at radius 1 is 1.00 bits per heavy atom. The fraction of sp³-hybridized carbons (Fsp3) is 0.0667. The topological polar surface area (TPSA) is 43.4 Å². The van der Waals surface area contributed by atoms with E-state index in [-0.39, 0.29) is 5.78 Å². The highest BCUT2D eigenvalue weighted by atomic mass is 79.9. The molecule has 0 aliphatic carbocycles. The maximum atomic E-state index is 11.9. The first kappa shape index (κ1) is 13.5. The minimum Gasteiger partial charge on any atom is -0.423 e. The standard InChI is InChI=1S/C15H11BrO3/c1-10(17)11-5-7-14(8-6-11)19-15(18)12-3-2-4-13(16)9-12/h2-9H,1H3. The van der Waals surface area contributed by atoms with Crippen molar-refractivity contribution in [1.82, 2.24) is 0 Å². The van der Waals surface area contributed by atoms with Crippen LogP contribution in [0.4, 0.5) is 0 Å². The van der Waals surface area contributed by atoms with Crippen molar-refractivity contribution in [3.05, 3.63) is 64.1 Å². The van der Waals surface area contributed by atoms with Crippen molar-refractivity contribution in [2.24, 2.45) is 0 Å². The van der Waals surface area contributed by atoms with Gasteiger partial charge in [-0.25, -0.2) is 4.79 Å². The minimum absolute atomic E-state index is 0.0233. The molecule has 0 saturated heterocycles. The van der Waals surface area contributed by atoms with Gasteiger partial charge in [0.2, 0.25) is 0 Å². The Kier molecular flexibility index (Phi) is 4.12. The highest BCUT2D eigenvalue weighted by molar-refractivity contribution is 9.10. The van der Waals surface area contributed by atoms with Crippen LogP contribution in [-0.4, -0.2) is 11.8 Å². The quantitative estimate of drug-likeness (QED) is 0.490. The van der Waals surface area contributed by atoms with Gasteiger partial charge in [0, 0.05) is 10.0 Å². The van der Waals surface area contributed by atoms with Crippen molar-refractivity contribution in [3.8, 4) is 5.75 Å². The van der Waals surface area contributed by atoms with Crippen LogP contribution in [0.5, 0.6) is 5.75 Å². The van der Waals surface area contributed by atoms with E-state index in [1.165, 1.54) is 6.92 Å². The highest BCUT2D eigenvalue weighted by Gasteiger charge is 2.09. The molecule has 2 aromatic rings. The summed E-state index contributed by atoms with van der Waals surface area (Å²) in [7, 11) is 0. The van der Waals surface area contributed by atoms with Gasteiger partial charge in [0.1, 0.15) is 5.75 Å². The fourth-order valence-electron chi connectivity index (χ4n) is 1.54. The first-order chi connectivity index (χ1) is 9.06. The Balaban J connectivity index is 2.13. The number of halogens is 1. The van der Waals surface area contributed by atoms with Crippen LogP contribution in [0.25, 0.3) is 0 Å². The second-order valence-corrected chi connectivity index (χ2v) is 4.90. The Labute approximate surface area is 119 Å². The van der Waals surface area contributed by atoms with Crippen LogP contribution in [0.3, 0.4) is 0 Å². The van der Waals surface area contributed by atoms with Crippen molar-refractivity contribution >= 4 is 27.7 Å². The average molecular weight is 319 g/mol. The molecule has 2 rings (SSSR count). The van der Waals surface area contributed by atoms with Crippen LogP contribution in [0.2, 0.25) is 0 Å². The lowest BCUT2D eigenvalue weighted by atomic mass is 10.1. The lowest BCUT2D eigenvalue weighted by Crippen LogP contribution is -2.08. The SMILES string of the molecule is CC(=O)c1ccc(OC(=O)c2cccc(Br)c2)cc1. The molecule has 4 heteroatoms. The molecule has 0 aliphatic rings. The number of ketones is 1. The van der Waals surface area contributed by atoms with Crippen LogP contribution in [-0.2, 0) is 0 Å². The van der Waals surface area contributed by atoms with Crippen molar-refractivity contribution in [2.45, 2.75) is 6.92 Å². The molecule has 2 aromatic carbocycles. The van der Waals surface area contributed by atoms with E-state index in [0.717, 1.165) is 4.47 Å². The summed E-state index contributed by atoms with van der Waals surface area (Å²) in [4.78, 5) is 23.0. The van der Waals surface area contributed by atoms with Crippen molar-refractivity contribution < 1.29 is 14.3 Å². The summed E-state index contributed by atoms with van der Waals surface area (Å²) in [5.74, 6) is -0.0447. The molecule has 0 spiro atoms. The van der Waals surface area contributed by atoms with Crippen LogP contribution in [0.15, 0.2) is 53.0 Å².